The zero-order valence-corrected chi connectivity index (χ0v) is 42.1. The Morgan fingerprint density at radius 2 is 0.836 bits per heavy atom. The van der Waals surface area contributed by atoms with Gasteiger partial charge < -0.3 is 25.4 Å². The van der Waals surface area contributed by atoms with Gasteiger partial charge >= 0.3 is 0 Å². The van der Waals surface area contributed by atoms with E-state index in [0.717, 1.165) is 146 Å². The summed E-state index contributed by atoms with van der Waals surface area (Å²) in [7, 11) is 3.29. The second kappa shape index (κ2) is 25.7. The van der Waals surface area contributed by atoms with Crippen LogP contribution >= 0.6 is 58.5 Å². The Morgan fingerprint density at radius 1 is 0.448 bits per heavy atom. The third kappa shape index (κ3) is 14.9. The average molecular weight is 1010 g/mol. The number of hydrogen-bond donors (Lipinski definition) is 3. The van der Waals surface area contributed by atoms with Crippen LogP contribution in [0.5, 0.6) is 11.5 Å². The highest BCUT2D eigenvalue weighted by Crippen LogP contribution is 2.43. The minimum atomic E-state index is -0.177. The molecule has 0 aromatic heterocycles. The number of halogens is 5. The Kier molecular flexibility index (Phi) is 19.6. The molecule has 0 unspecified atom stereocenters. The quantitative estimate of drug-likeness (QED) is 0.119. The number of rotatable bonds is 11. The lowest BCUT2D eigenvalue weighted by Crippen LogP contribution is -2.26. The van der Waals surface area contributed by atoms with Gasteiger partial charge in [-0.1, -0.05) is 70.6 Å². The molecule has 13 heteroatoms. The third-order valence-corrected chi connectivity index (χ3v) is 16.5. The van der Waals surface area contributed by atoms with Crippen LogP contribution in [0.25, 0.3) is 0 Å². The first-order chi connectivity index (χ1) is 32.6. The van der Waals surface area contributed by atoms with Crippen molar-refractivity contribution in [3.05, 3.63) is 165 Å². The highest BCUT2D eigenvalue weighted by molar-refractivity contribution is 8.00. The maximum Gasteiger partial charge on any atom is 0.123 e. The molecule has 354 valence electrons. The Labute approximate surface area is 417 Å². The second-order valence-corrected chi connectivity index (χ2v) is 20.9. The van der Waals surface area contributed by atoms with Gasteiger partial charge in [-0.3, -0.25) is 0 Å². The third-order valence-electron chi connectivity index (χ3n) is 12.2. The topological polar surface area (TPSA) is 54.5 Å². The molecule has 3 saturated heterocycles. The number of aryl methyl sites for hydroxylation is 1. The van der Waals surface area contributed by atoms with E-state index in [1.165, 1.54) is 12.1 Å². The van der Waals surface area contributed by atoms with Gasteiger partial charge in [0.1, 0.15) is 29.0 Å². The van der Waals surface area contributed by atoms with Gasteiger partial charge in [-0.05, 0) is 228 Å². The summed E-state index contributed by atoms with van der Waals surface area (Å²) in [6.45, 7) is 7.99. The van der Waals surface area contributed by atoms with Crippen molar-refractivity contribution in [3.8, 4) is 11.5 Å². The summed E-state index contributed by atoms with van der Waals surface area (Å²) in [5.41, 5.74) is 4.48. The van der Waals surface area contributed by atoms with Crippen molar-refractivity contribution < 1.29 is 22.6 Å². The van der Waals surface area contributed by atoms with E-state index in [1.807, 2.05) is 67.6 Å². The predicted molar refractivity (Wildman–Crippen MR) is 273 cm³/mol. The molecule has 3 heterocycles. The van der Waals surface area contributed by atoms with Crippen LogP contribution in [0.2, 0.25) is 10.0 Å². The van der Waals surface area contributed by atoms with Crippen LogP contribution in [-0.4, -0.2) is 53.5 Å². The van der Waals surface area contributed by atoms with Gasteiger partial charge in [0.05, 0.1) is 24.3 Å². The number of methoxy groups -OCH3 is 2. The molecule has 67 heavy (non-hydrogen) atoms. The monoisotopic (exact) mass is 1000 g/mol. The number of piperidine rings is 3. The van der Waals surface area contributed by atoms with E-state index in [0.29, 0.717) is 22.8 Å². The number of ether oxygens (including phenoxy) is 2. The summed E-state index contributed by atoms with van der Waals surface area (Å²) in [6.07, 6.45) is 6.31. The molecule has 0 spiro atoms. The zero-order valence-electron chi connectivity index (χ0n) is 38.1. The van der Waals surface area contributed by atoms with Crippen LogP contribution in [0.4, 0.5) is 13.2 Å². The lowest BCUT2D eigenvalue weighted by molar-refractivity contribution is 0.413. The highest BCUT2D eigenvalue weighted by Gasteiger charge is 2.23. The van der Waals surface area contributed by atoms with Crippen LogP contribution in [0.3, 0.4) is 0 Å². The van der Waals surface area contributed by atoms with Crippen molar-refractivity contribution in [2.24, 2.45) is 0 Å². The van der Waals surface area contributed by atoms with Crippen LogP contribution < -0.4 is 25.4 Å². The second-order valence-electron chi connectivity index (χ2n) is 16.8. The fraction of sp³-hybridized carbons (Fsp3) is 0.333. The van der Waals surface area contributed by atoms with Crippen LogP contribution in [0, 0.1) is 24.4 Å². The van der Waals surface area contributed by atoms with Crippen molar-refractivity contribution in [1.29, 1.82) is 0 Å². The summed E-state index contributed by atoms with van der Waals surface area (Å²) < 4.78 is 51.6. The maximum atomic E-state index is 13.8. The van der Waals surface area contributed by atoms with Crippen LogP contribution in [0.1, 0.15) is 78.5 Å². The van der Waals surface area contributed by atoms with E-state index in [9.17, 15) is 13.2 Å². The first-order valence-electron chi connectivity index (χ1n) is 22.8. The molecule has 0 saturated carbocycles. The summed E-state index contributed by atoms with van der Waals surface area (Å²) in [5, 5.41) is 11.5. The molecule has 3 fully saturated rings. The molecular formula is C54H58Cl2F3N3O2S3. The fourth-order valence-electron chi connectivity index (χ4n) is 8.60. The minimum absolute atomic E-state index is 0.150. The Balaban J connectivity index is 0.000000149. The van der Waals surface area contributed by atoms with Crippen molar-refractivity contribution in [1.82, 2.24) is 16.0 Å². The average Bonchev–Trinajstić information content (AvgIpc) is 3.35. The van der Waals surface area contributed by atoms with Crippen LogP contribution in [-0.2, 0) is 0 Å². The lowest BCUT2D eigenvalue weighted by Gasteiger charge is -2.25. The molecule has 0 bridgehead atoms. The lowest BCUT2D eigenvalue weighted by atomic mass is 9.90. The van der Waals surface area contributed by atoms with Gasteiger partial charge in [-0.25, -0.2) is 13.2 Å². The van der Waals surface area contributed by atoms with Gasteiger partial charge in [0, 0.05) is 29.4 Å². The summed E-state index contributed by atoms with van der Waals surface area (Å²) in [4.78, 5) is 6.41. The summed E-state index contributed by atoms with van der Waals surface area (Å²) in [6, 6.07) is 35.0. The largest absolute Gasteiger partial charge is 0.497 e. The normalized spacial score (nSPS) is 15.8. The molecule has 0 aliphatic carbocycles. The van der Waals surface area contributed by atoms with Crippen molar-refractivity contribution in [3.63, 3.8) is 0 Å². The first kappa shape index (κ1) is 51.1. The Hall–Kier alpha value is -3.78. The molecule has 6 aromatic carbocycles. The van der Waals surface area contributed by atoms with Crippen molar-refractivity contribution in [2.75, 3.05) is 53.5 Å². The standard InChI is InChI=1S/C18H19ClFNOS.C18H19ClFNS.C18H20FNOS/c1-22-14-3-5-18(16(19)11-14)23-17-4-2-13(20)10-15(17)12-6-8-21-9-7-12;1-12-2-4-18(16(19)10-12)22-17-5-3-14(20)11-15(17)13-6-8-21-9-7-13;1-21-15-3-2-4-16(12-15)22-18-6-5-14(19)11-17(18)13-7-9-20-10-8-13/h2-5,10-12,21H,6-9H2,1H3;2-5,10-11,13,21H,6-9H2,1H3;2-6,11-13,20H,7-10H2,1H3. The fourth-order valence-corrected chi connectivity index (χ4v) is 12.3. The molecule has 3 N–H and O–H groups in total. The molecule has 9 rings (SSSR count). The van der Waals surface area contributed by atoms with Gasteiger partial charge in [0.25, 0.3) is 0 Å². The molecular weight excluding hydrogens is 947 g/mol. The summed E-state index contributed by atoms with van der Waals surface area (Å²) >= 11 is 17.6. The van der Waals surface area contributed by atoms with Crippen LogP contribution in [0.15, 0.2) is 145 Å². The van der Waals surface area contributed by atoms with Crippen molar-refractivity contribution in [2.45, 2.75) is 92.6 Å². The van der Waals surface area contributed by atoms with Gasteiger partial charge in [-0.15, -0.1) is 0 Å². The maximum absolute atomic E-state index is 13.8. The predicted octanol–water partition coefficient (Wildman–Crippen LogP) is 15.0. The first-order valence-corrected chi connectivity index (χ1v) is 26.0. The molecule has 3 aliphatic rings. The number of hydrogen-bond acceptors (Lipinski definition) is 8. The van der Waals surface area contributed by atoms with Gasteiger partial charge in [0.2, 0.25) is 0 Å². The molecule has 6 aromatic rings. The molecule has 3 aliphatic heterocycles. The van der Waals surface area contributed by atoms with E-state index in [-0.39, 0.29) is 17.5 Å². The number of nitrogens with one attached hydrogen (secondary N) is 3. The highest BCUT2D eigenvalue weighted by atomic mass is 35.5. The van der Waals surface area contributed by atoms with Crippen molar-refractivity contribution >= 4 is 58.5 Å². The van der Waals surface area contributed by atoms with Gasteiger partial charge in [0.15, 0.2) is 0 Å². The van der Waals surface area contributed by atoms with E-state index >= 15 is 0 Å². The Bertz CT molecular complexity index is 2550. The molecule has 0 amide bonds. The van der Waals surface area contributed by atoms with E-state index in [1.54, 1.807) is 79.8 Å². The smallest absolute Gasteiger partial charge is 0.123 e. The van der Waals surface area contributed by atoms with E-state index < -0.39 is 0 Å². The SMILES string of the molecule is COc1ccc(Sc2ccc(F)cc2C2CCNCC2)c(Cl)c1.COc1cccc(Sc2ccc(F)cc2C2CCNCC2)c1.Cc1ccc(Sc2ccc(F)cc2C2CCNCC2)c(Cl)c1. The molecule has 0 radical (unpaired) electrons. The zero-order chi connectivity index (χ0) is 47.1. The van der Waals surface area contributed by atoms with E-state index in [4.69, 9.17) is 32.7 Å². The molecule has 5 nitrogen and oxygen atoms in total. The minimum Gasteiger partial charge on any atom is -0.497 e. The van der Waals surface area contributed by atoms with Gasteiger partial charge in [-0.2, -0.15) is 0 Å². The summed E-state index contributed by atoms with van der Waals surface area (Å²) in [5.74, 6) is 2.34. The van der Waals surface area contributed by atoms with E-state index in [2.05, 4.69) is 28.1 Å². The number of benzene rings is 6. The Morgan fingerprint density at radius 3 is 1.25 bits per heavy atom. The molecule has 0 atom stereocenters.